The van der Waals surface area contributed by atoms with Gasteiger partial charge in [-0.3, -0.25) is 4.79 Å². The summed E-state index contributed by atoms with van der Waals surface area (Å²) in [5.74, 6) is -0.264. The van der Waals surface area contributed by atoms with Gasteiger partial charge in [-0.15, -0.1) is 0 Å². The first-order chi connectivity index (χ1) is 8.80. The van der Waals surface area contributed by atoms with Crippen LogP contribution in [0.2, 0.25) is 0 Å². The van der Waals surface area contributed by atoms with Crippen LogP contribution in [0.4, 0.5) is 0 Å². The van der Waals surface area contributed by atoms with Gasteiger partial charge in [-0.25, -0.2) is 0 Å². The van der Waals surface area contributed by atoms with Crippen LogP contribution >= 0.6 is 15.9 Å². The highest BCUT2D eigenvalue weighted by Gasteiger charge is 2.26. The standard InChI is InChI=1S/C14H16BrNO3/c1-14(2)6-5-9-8(7-11(16)13(17)18)3-4-10(15)12(9)19-14/h3-6,11H,7,16H2,1-2H3,(H,17,18). The van der Waals surface area contributed by atoms with Crippen molar-refractivity contribution in [3.63, 3.8) is 0 Å². The van der Waals surface area contributed by atoms with Gasteiger partial charge in [0.2, 0.25) is 0 Å². The number of aliphatic carboxylic acids is 1. The van der Waals surface area contributed by atoms with Gasteiger partial charge in [0.15, 0.2) is 0 Å². The van der Waals surface area contributed by atoms with Crippen LogP contribution in [0, 0.1) is 0 Å². The molecule has 1 aliphatic rings. The minimum Gasteiger partial charge on any atom is -0.482 e. The SMILES string of the molecule is CC1(C)C=Cc2c(CC(N)C(=O)O)ccc(Br)c2O1. The van der Waals surface area contributed by atoms with Crippen LogP contribution in [-0.2, 0) is 11.2 Å². The van der Waals surface area contributed by atoms with Gasteiger partial charge in [-0.2, -0.15) is 0 Å². The molecule has 5 heteroatoms. The molecule has 1 aromatic rings. The molecule has 1 unspecified atom stereocenters. The van der Waals surface area contributed by atoms with Crippen molar-refractivity contribution in [3.8, 4) is 5.75 Å². The molecule has 0 radical (unpaired) electrons. The lowest BCUT2D eigenvalue weighted by atomic mass is 9.95. The Morgan fingerprint density at radius 3 is 2.84 bits per heavy atom. The third-order valence-electron chi connectivity index (χ3n) is 3.01. The molecule has 0 aliphatic carbocycles. The Balaban J connectivity index is 2.41. The van der Waals surface area contributed by atoms with Crippen LogP contribution in [0.25, 0.3) is 6.08 Å². The van der Waals surface area contributed by atoms with Crippen molar-refractivity contribution in [2.75, 3.05) is 0 Å². The lowest BCUT2D eigenvalue weighted by molar-refractivity contribution is -0.138. The first-order valence-electron chi connectivity index (χ1n) is 5.98. The van der Waals surface area contributed by atoms with Gasteiger partial charge in [0, 0.05) is 5.56 Å². The quantitative estimate of drug-likeness (QED) is 0.895. The van der Waals surface area contributed by atoms with Crippen LogP contribution in [0.1, 0.15) is 25.0 Å². The Morgan fingerprint density at radius 2 is 2.21 bits per heavy atom. The number of rotatable bonds is 3. The van der Waals surface area contributed by atoms with E-state index in [0.717, 1.165) is 21.3 Å². The summed E-state index contributed by atoms with van der Waals surface area (Å²) >= 11 is 3.46. The second-order valence-electron chi connectivity index (χ2n) is 5.14. The molecule has 3 N–H and O–H groups in total. The van der Waals surface area contributed by atoms with E-state index < -0.39 is 12.0 Å². The molecule has 2 rings (SSSR count). The predicted molar refractivity (Wildman–Crippen MR) is 77.2 cm³/mol. The van der Waals surface area contributed by atoms with E-state index in [0.29, 0.717) is 0 Å². The molecule has 1 heterocycles. The predicted octanol–water partition coefficient (Wildman–Crippen LogP) is 2.59. The van der Waals surface area contributed by atoms with Crippen molar-refractivity contribution in [3.05, 3.63) is 33.8 Å². The maximum Gasteiger partial charge on any atom is 0.320 e. The number of ether oxygens (including phenoxy) is 1. The first-order valence-corrected chi connectivity index (χ1v) is 6.77. The van der Waals surface area contributed by atoms with E-state index in [2.05, 4.69) is 15.9 Å². The molecule has 19 heavy (non-hydrogen) atoms. The maximum atomic E-state index is 10.9. The highest BCUT2D eigenvalue weighted by Crippen LogP contribution is 2.39. The molecule has 0 fully saturated rings. The normalized spacial score (nSPS) is 17.5. The number of carbonyl (C=O) groups is 1. The summed E-state index contributed by atoms with van der Waals surface area (Å²) in [5, 5.41) is 8.90. The molecule has 0 aromatic heterocycles. The summed E-state index contributed by atoms with van der Waals surface area (Å²) in [6.07, 6.45) is 4.20. The van der Waals surface area contributed by atoms with Gasteiger partial charge in [0.25, 0.3) is 0 Å². The third kappa shape index (κ3) is 2.98. The van der Waals surface area contributed by atoms with Crippen LogP contribution in [0.3, 0.4) is 0 Å². The Morgan fingerprint density at radius 1 is 1.53 bits per heavy atom. The monoisotopic (exact) mass is 325 g/mol. The molecule has 1 aromatic carbocycles. The van der Waals surface area contributed by atoms with E-state index in [9.17, 15) is 4.79 Å². The molecule has 0 saturated carbocycles. The van der Waals surface area contributed by atoms with Gasteiger partial charge < -0.3 is 15.6 Å². The zero-order chi connectivity index (χ0) is 14.2. The number of hydrogen-bond donors (Lipinski definition) is 2. The van der Waals surface area contributed by atoms with Crippen LogP contribution in [0.5, 0.6) is 5.75 Å². The van der Waals surface area contributed by atoms with Crippen LogP contribution in [0.15, 0.2) is 22.7 Å². The summed E-state index contributed by atoms with van der Waals surface area (Å²) in [6, 6.07) is 2.82. The summed E-state index contributed by atoms with van der Waals surface area (Å²) < 4.78 is 6.77. The molecule has 0 amide bonds. The van der Waals surface area contributed by atoms with Crippen LogP contribution < -0.4 is 10.5 Å². The lowest BCUT2D eigenvalue weighted by Gasteiger charge is -2.30. The summed E-state index contributed by atoms with van der Waals surface area (Å²) in [7, 11) is 0. The molecule has 102 valence electrons. The van der Waals surface area contributed by atoms with Crippen molar-refractivity contribution in [2.45, 2.75) is 31.9 Å². The fourth-order valence-electron chi connectivity index (χ4n) is 1.98. The second kappa shape index (κ2) is 4.98. The van der Waals surface area contributed by atoms with Crippen molar-refractivity contribution in [1.82, 2.24) is 0 Å². The third-order valence-corrected chi connectivity index (χ3v) is 3.64. The summed E-state index contributed by atoms with van der Waals surface area (Å²) in [5.41, 5.74) is 6.99. The van der Waals surface area contributed by atoms with Crippen molar-refractivity contribution in [1.29, 1.82) is 0 Å². The molecular weight excluding hydrogens is 310 g/mol. The van der Waals surface area contributed by atoms with Gasteiger partial charge in [0.1, 0.15) is 17.4 Å². The maximum absolute atomic E-state index is 10.9. The number of fused-ring (bicyclic) bond motifs is 1. The smallest absolute Gasteiger partial charge is 0.320 e. The molecule has 1 aliphatic heterocycles. The Bertz CT molecular complexity index is 552. The number of nitrogens with two attached hydrogens (primary N) is 1. The molecular formula is C14H16BrNO3. The van der Waals surface area contributed by atoms with Gasteiger partial charge >= 0.3 is 5.97 Å². The fraction of sp³-hybridized carbons (Fsp3) is 0.357. The zero-order valence-corrected chi connectivity index (χ0v) is 12.4. The average Bonchev–Trinajstić information content (AvgIpc) is 2.32. The lowest BCUT2D eigenvalue weighted by Crippen LogP contribution is -2.33. The number of benzene rings is 1. The molecule has 0 spiro atoms. The van der Waals surface area contributed by atoms with Crippen molar-refractivity contribution in [2.24, 2.45) is 5.73 Å². The van der Waals surface area contributed by atoms with E-state index in [1.54, 1.807) is 0 Å². The van der Waals surface area contributed by atoms with E-state index in [1.165, 1.54) is 0 Å². The van der Waals surface area contributed by atoms with E-state index >= 15 is 0 Å². The van der Waals surface area contributed by atoms with Gasteiger partial charge in [-0.1, -0.05) is 12.1 Å². The molecule has 0 bridgehead atoms. The molecule has 0 saturated heterocycles. The molecule has 4 nitrogen and oxygen atoms in total. The minimum absolute atomic E-state index is 0.277. The fourth-order valence-corrected chi connectivity index (χ4v) is 2.41. The number of carboxylic acid groups (broad SMARTS) is 1. The van der Waals surface area contributed by atoms with E-state index in [-0.39, 0.29) is 12.0 Å². The average molecular weight is 326 g/mol. The Labute approximate surface area is 120 Å². The highest BCUT2D eigenvalue weighted by atomic mass is 79.9. The zero-order valence-electron chi connectivity index (χ0n) is 10.8. The van der Waals surface area contributed by atoms with Crippen molar-refractivity contribution >= 4 is 28.0 Å². The highest BCUT2D eigenvalue weighted by molar-refractivity contribution is 9.10. The number of hydrogen-bond acceptors (Lipinski definition) is 3. The first kappa shape index (κ1) is 14.1. The Kier molecular flexibility index (Phi) is 3.69. The van der Waals surface area contributed by atoms with Gasteiger partial charge in [-0.05, 0) is 53.9 Å². The van der Waals surface area contributed by atoms with E-state index in [4.69, 9.17) is 15.6 Å². The number of carboxylic acids is 1. The minimum atomic E-state index is -1.00. The van der Waals surface area contributed by atoms with E-state index in [1.807, 2.05) is 38.1 Å². The second-order valence-corrected chi connectivity index (χ2v) is 5.99. The van der Waals surface area contributed by atoms with Gasteiger partial charge in [0.05, 0.1) is 4.47 Å². The molecule has 1 atom stereocenters. The topological polar surface area (TPSA) is 72.6 Å². The van der Waals surface area contributed by atoms with Crippen LogP contribution in [-0.4, -0.2) is 22.7 Å². The van der Waals surface area contributed by atoms with Crippen molar-refractivity contribution < 1.29 is 14.6 Å². The number of halogens is 1. The Hall–Kier alpha value is -1.33. The summed E-state index contributed by atoms with van der Waals surface area (Å²) in [4.78, 5) is 10.9. The largest absolute Gasteiger partial charge is 0.482 e. The summed E-state index contributed by atoms with van der Waals surface area (Å²) in [6.45, 7) is 3.93.